The zero-order valence-electron chi connectivity index (χ0n) is 10.4. The van der Waals surface area contributed by atoms with E-state index in [2.05, 4.69) is 17.2 Å². The number of nitrogens with two attached hydrogens (primary N) is 1. The number of aliphatic imine (C=N–C) groups is 1. The first-order valence-electron chi connectivity index (χ1n) is 6.33. The van der Waals surface area contributed by atoms with Crippen molar-refractivity contribution in [1.29, 1.82) is 0 Å². The van der Waals surface area contributed by atoms with Crippen molar-refractivity contribution >= 4 is 22.8 Å². The Morgan fingerprint density at radius 3 is 3.24 bits per heavy atom. The molecule has 0 radical (unpaired) electrons. The lowest BCUT2D eigenvalue weighted by molar-refractivity contribution is -0.117. The van der Waals surface area contributed by atoms with E-state index in [-0.39, 0.29) is 11.4 Å². The van der Waals surface area contributed by atoms with Gasteiger partial charge in [-0.25, -0.2) is 0 Å². The van der Waals surface area contributed by atoms with Gasteiger partial charge < -0.3 is 11.1 Å². The molecule has 0 bridgehead atoms. The molecule has 1 saturated carbocycles. The second-order valence-electron chi connectivity index (χ2n) is 5.30. The van der Waals surface area contributed by atoms with Crippen molar-refractivity contribution in [2.45, 2.75) is 44.6 Å². The van der Waals surface area contributed by atoms with Gasteiger partial charge in [0.2, 0.25) is 5.91 Å². The zero-order chi connectivity index (χ0) is 12.3. The molecule has 2 unspecified atom stereocenters. The van der Waals surface area contributed by atoms with Gasteiger partial charge in [-0.2, -0.15) is 0 Å². The fraction of sp³-hybridized carbons (Fsp3) is 0.833. The predicted molar refractivity (Wildman–Crippen MR) is 72.1 cm³/mol. The molecule has 2 fully saturated rings. The number of rotatable bonds is 3. The average molecular weight is 255 g/mol. The number of amidine groups is 1. The van der Waals surface area contributed by atoms with E-state index in [1.54, 1.807) is 11.8 Å². The summed E-state index contributed by atoms with van der Waals surface area (Å²) in [5.74, 6) is 1.65. The van der Waals surface area contributed by atoms with Gasteiger partial charge in [-0.3, -0.25) is 9.79 Å². The lowest BCUT2D eigenvalue weighted by atomic mass is 9.78. The Labute approximate surface area is 107 Å². The summed E-state index contributed by atoms with van der Waals surface area (Å²) >= 11 is 1.79. The Kier molecular flexibility index (Phi) is 3.97. The summed E-state index contributed by atoms with van der Waals surface area (Å²) < 4.78 is 0. The molecule has 1 spiro atoms. The summed E-state index contributed by atoms with van der Waals surface area (Å²) in [5, 5.41) is 4.57. The van der Waals surface area contributed by atoms with Crippen LogP contribution >= 0.6 is 11.8 Å². The first-order valence-corrected chi connectivity index (χ1v) is 7.32. The van der Waals surface area contributed by atoms with Crippen molar-refractivity contribution in [1.82, 2.24) is 5.32 Å². The topological polar surface area (TPSA) is 67.5 Å². The summed E-state index contributed by atoms with van der Waals surface area (Å²) in [6, 6.07) is 0. The molecule has 17 heavy (non-hydrogen) atoms. The third-order valence-corrected chi connectivity index (χ3v) is 4.76. The SMILES string of the molecule is CC1CCCC2(CSC(=NCCC(N)=O)N2)C1. The van der Waals surface area contributed by atoms with E-state index in [4.69, 9.17) is 5.73 Å². The average Bonchev–Trinajstić information content (AvgIpc) is 2.60. The number of primary amides is 1. The van der Waals surface area contributed by atoms with E-state index >= 15 is 0 Å². The Morgan fingerprint density at radius 2 is 2.53 bits per heavy atom. The first kappa shape index (κ1) is 12.7. The van der Waals surface area contributed by atoms with Gasteiger partial charge >= 0.3 is 0 Å². The summed E-state index contributed by atoms with van der Waals surface area (Å²) in [7, 11) is 0. The van der Waals surface area contributed by atoms with E-state index in [0.717, 1.165) is 16.8 Å². The fourth-order valence-corrected chi connectivity index (χ4v) is 3.98. The molecule has 1 aliphatic heterocycles. The maximum absolute atomic E-state index is 10.6. The summed E-state index contributed by atoms with van der Waals surface area (Å²) in [4.78, 5) is 15.0. The molecule has 2 rings (SSSR count). The van der Waals surface area contributed by atoms with Crippen LogP contribution in [-0.2, 0) is 4.79 Å². The van der Waals surface area contributed by atoms with Crippen molar-refractivity contribution < 1.29 is 4.79 Å². The molecule has 1 amide bonds. The molecule has 1 saturated heterocycles. The minimum Gasteiger partial charge on any atom is -0.370 e. The minimum absolute atomic E-state index is 0.272. The summed E-state index contributed by atoms with van der Waals surface area (Å²) in [5.41, 5.74) is 5.37. The first-order chi connectivity index (χ1) is 8.10. The molecule has 5 heteroatoms. The van der Waals surface area contributed by atoms with Crippen LogP contribution in [0.5, 0.6) is 0 Å². The van der Waals surface area contributed by atoms with Crippen LogP contribution in [0, 0.1) is 5.92 Å². The van der Waals surface area contributed by atoms with Crippen LogP contribution in [0.15, 0.2) is 4.99 Å². The van der Waals surface area contributed by atoms with Gasteiger partial charge in [0.05, 0.1) is 6.54 Å². The molecule has 3 N–H and O–H groups in total. The van der Waals surface area contributed by atoms with Gasteiger partial charge in [-0.05, 0) is 18.8 Å². The second-order valence-corrected chi connectivity index (χ2v) is 6.26. The summed E-state index contributed by atoms with van der Waals surface area (Å²) in [6.45, 7) is 2.84. The highest BCUT2D eigenvalue weighted by molar-refractivity contribution is 8.14. The molecule has 96 valence electrons. The quantitative estimate of drug-likeness (QED) is 0.803. The van der Waals surface area contributed by atoms with Crippen LogP contribution in [0.25, 0.3) is 0 Å². The number of nitrogens with zero attached hydrogens (tertiary/aromatic N) is 1. The third-order valence-electron chi connectivity index (χ3n) is 3.56. The highest BCUT2D eigenvalue weighted by atomic mass is 32.2. The minimum atomic E-state index is -0.279. The lowest BCUT2D eigenvalue weighted by Gasteiger charge is -2.36. The Bertz CT molecular complexity index is 332. The normalized spacial score (nSPS) is 35.1. The highest BCUT2D eigenvalue weighted by Crippen LogP contribution is 2.38. The molecule has 1 aliphatic carbocycles. The molecule has 1 heterocycles. The molecule has 0 aromatic carbocycles. The van der Waals surface area contributed by atoms with Crippen LogP contribution in [0.1, 0.15) is 39.0 Å². The predicted octanol–water partition coefficient (Wildman–Crippen LogP) is 1.50. The van der Waals surface area contributed by atoms with Crippen LogP contribution < -0.4 is 11.1 Å². The van der Waals surface area contributed by atoms with Crippen molar-refractivity contribution in [2.24, 2.45) is 16.6 Å². The van der Waals surface area contributed by atoms with Crippen molar-refractivity contribution in [3.05, 3.63) is 0 Å². The summed E-state index contributed by atoms with van der Waals surface area (Å²) in [6.07, 6.45) is 5.49. The van der Waals surface area contributed by atoms with Crippen LogP contribution in [0.4, 0.5) is 0 Å². The van der Waals surface area contributed by atoms with E-state index < -0.39 is 0 Å². The van der Waals surface area contributed by atoms with E-state index in [0.29, 0.717) is 13.0 Å². The van der Waals surface area contributed by atoms with E-state index in [1.807, 2.05) is 0 Å². The standard InChI is InChI=1S/C12H21N3OS/c1-9-3-2-5-12(7-9)8-17-11(15-12)14-6-4-10(13)16/h9H,2-8H2,1H3,(H2,13,16)(H,14,15). The smallest absolute Gasteiger partial charge is 0.219 e. The number of nitrogens with one attached hydrogen (secondary N) is 1. The van der Waals surface area contributed by atoms with E-state index in [1.165, 1.54) is 25.7 Å². The molecule has 0 aromatic heterocycles. The van der Waals surface area contributed by atoms with Gasteiger partial charge in [-0.1, -0.05) is 31.5 Å². The lowest BCUT2D eigenvalue weighted by Crippen LogP contribution is -2.47. The van der Waals surface area contributed by atoms with Gasteiger partial charge in [0.1, 0.15) is 0 Å². The monoisotopic (exact) mass is 255 g/mol. The van der Waals surface area contributed by atoms with Crippen LogP contribution in [-0.4, -0.2) is 28.9 Å². The molecular formula is C12H21N3OS. The van der Waals surface area contributed by atoms with Crippen molar-refractivity contribution in [3.8, 4) is 0 Å². The second kappa shape index (κ2) is 5.29. The van der Waals surface area contributed by atoms with E-state index in [9.17, 15) is 4.79 Å². The molecule has 2 aliphatic rings. The maximum Gasteiger partial charge on any atom is 0.219 e. The third kappa shape index (κ3) is 3.37. The van der Waals surface area contributed by atoms with Crippen LogP contribution in [0.3, 0.4) is 0 Å². The van der Waals surface area contributed by atoms with Crippen molar-refractivity contribution in [2.75, 3.05) is 12.3 Å². The Hall–Kier alpha value is -0.710. The van der Waals surface area contributed by atoms with Crippen LogP contribution in [0.2, 0.25) is 0 Å². The highest BCUT2D eigenvalue weighted by Gasteiger charge is 2.40. The molecular weight excluding hydrogens is 234 g/mol. The Balaban J connectivity index is 1.87. The number of thioether (sulfide) groups is 1. The number of hydrogen-bond donors (Lipinski definition) is 2. The molecule has 4 nitrogen and oxygen atoms in total. The number of hydrogen-bond acceptors (Lipinski definition) is 3. The van der Waals surface area contributed by atoms with Gasteiger partial charge in [-0.15, -0.1) is 0 Å². The number of carbonyl (C=O) groups excluding carboxylic acids is 1. The van der Waals surface area contributed by atoms with Crippen molar-refractivity contribution in [3.63, 3.8) is 0 Å². The van der Waals surface area contributed by atoms with Gasteiger partial charge in [0.15, 0.2) is 5.17 Å². The van der Waals surface area contributed by atoms with Gasteiger partial charge in [0.25, 0.3) is 0 Å². The maximum atomic E-state index is 10.6. The Morgan fingerprint density at radius 1 is 1.71 bits per heavy atom. The molecule has 2 atom stereocenters. The number of amides is 1. The zero-order valence-corrected chi connectivity index (χ0v) is 11.2. The largest absolute Gasteiger partial charge is 0.370 e. The fourth-order valence-electron chi connectivity index (χ4n) is 2.76. The van der Waals surface area contributed by atoms with Gasteiger partial charge in [0, 0.05) is 17.7 Å². The molecule has 0 aromatic rings. The number of carbonyl (C=O) groups is 1.